The van der Waals surface area contributed by atoms with Crippen LogP contribution in [0.1, 0.15) is 37.8 Å². The summed E-state index contributed by atoms with van der Waals surface area (Å²) >= 11 is 0. The van der Waals surface area contributed by atoms with Crippen molar-refractivity contribution in [1.29, 1.82) is 0 Å². The van der Waals surface area contributed by atoms with Crippen molar-refractivity contribution in [2.24, 2.45) is 0 Å². The van der Waals surface area contributed by atoms with Crippen LogP contribution in [0.3, 0.4) is 0 Å². The fraction of sp³-hybridized carbons (Fsp3) is 0.417. The fourth-order valence-corrected chi connectivity index (χ4v) is 3.11. The molecule has 0 aliphatic carbocycles. The van der Waals surface area contributed by atoms with Gasteiger partial charge in [-0.25, -0.2) is 4.39 Å². The summed E-state index contributed by atoms with van der Waals surface area (Å²) in [6.45, 7) is 7.96. The number of rotatable bonds is 11. The van der Waals surface area contributed by atoms with Gasteiger partial charge in [-0.2, -0.15) is 0 Å². The van der Waals surface area contributed by atoms with Gasteiger partial charge >= 0.3 is 0 Å². The Hall–Kier alpha value is -2.37. The minimum atomic E-state index is -0.278. The smallest absolute Gasteiger partial charge is 0.169 e. The van der Waals surface area contributed by atoms with Gasteiger partial charge in [0.1, 0.15) is 19.0 Å². The summed E-state index contributed by atoms with van der Waals surface area (Å²) < 4.78 is 36.0. The maximum Gasteiger partial charge on any atom is 0.169 e. The van der Waals surface area contributed by atoms with Crippen molar-refractivity contribution in [1.82, 2.24) is 0 Å². The molecule has 0 spiro atoms. The van der Waals surface area contributed by atoms with E-state index in [-0.39, 0.29) is 11.7 Å². The van der Waals surface area contributed by atoms with Gasteiger partial charge in [0.05, 0.1) is 13.2 Å². The Bertz CT molecular complexity index is 798. The van der Waals surface area contributed by atoms with E-state index < -0.39 is 0 Å². The largest absolute Gasteiger partial charge is 0.487 e. The van der Waals surface area contributed by atoms with Gasteiger partial charge in [-0.15, -0.1) is 0 Å². The molecule has 0 fully saturated rings. The van der Waals surface area contributed by atoms with Crippen molar-refractivity contribution in [3.8, 4) is 22.6 Å². The zero-order chi connectivity index (χ0) is 21.2. The Morgan fingerprint density at radius 2 is 1.55 bits per heavy atom. The van der Waals surface area contributed by atoms with Crippen LogP contribution in [-0.4, -0.2) is 40.6 Å². The summed E-state index contributed by atoms with van der Waals surface area (Å²) in [5, 5.41) is 0. The van der Waals surface area contributed by atoms with Gasteiger partial charge < -0.3 is 18.9 Å². The van der Waals surface area contributed by atoms with Crippen molar-refractivity contribution in [3.63, 3.8) is 0 Å². The second kappa shape index (κ2) is 11.6. The highest BCUT2D eigenvalue weighted by Crippen LogP contribution is 2.45. The molecule has 0 aliphatic heterocycles. The van der Waals surface area contributed by atoms with E-state index in [1.807, 2.05) is 19.1 Å². The molecular weight excluding hydrogens is 371 g/mol. The number of hydrogen-bond donors (Lipinski definition) is 0. The first kappa shape index (κ1) is 22.9. The first-order valence-corrected chi connectivity index (χ1v) is 9.86. The van der Waals surface area contributed by atoms with Crippen LogP contribution in [0.4, 0.5) is 4.39 Å². The molecule has 0 atom stereocenters. The Labute approximate surface area is 173 Å². The topological polar surface area (TPSA) is 36.9 Å². The summed E-state index contributed by atoms with van der Waals surface area (Å²) in [7, 11) is 3.27. The van der Waals surface area contributed by atoms with E-state index in [1.165, 1.54) is 12.1 Å². The van der Waals surface area contributed by atoms with Crippen LogP contribution < -0.4 is 9.47 Å². The molecule has 2 rings (SSSR count). The molecule has 0 unspecified atom stereocenters. The van der Waals surface area contributed by atoms with Gasteiger partial charge in [-0.1, -0.05) is 38.1 Å². The lowest BCUT2D eigenvalue weighted by molar-refractivity contribution is 0.132. The summed E-state index contributed by atoms with van der Waals surface area (Å²) in [4.78, 5) is 0. The van der Waals surface area contributed by atoms with E-state index in [4.69, 9.17) is 18.9 Å². The zero-order valence-electron chi connectivity index (χ0n) is 18.0. The van der Waals surface area contributed by atoms with E-state index >= 15 is 0 Å². The molecule has 0 saturated heterocycles. The minimum Gasteiger partial charge on any atom is -0.487 e. The third-order valence-corrected chi connectivity index (χ3v) is 4.48. The predicted octanol–water partition coefficient (Wildman–Crippen LogP) is 5.70. The molecule has 0 heterocycles. The van der Waals surface area contributed by atoms with Crippen LogP contribution in [0.5, 0.6) is 11.5 Å². The first-order chi connectivity index (χ1) is 14.0. The standard InChI is InChI=1S/C24H31FO4/c1-6-7-20-21(17(2)3)16-22(28-14-12-26-4)24(29-15-13-27-5)23(20)18-8-10-19(25)11-9-18/h6-11,16-17H,12-15H2,1-5H3. The number of halogens is 1. The summed E-state index contributed by atoms with van der Waals surface area (Å²) in [6, 6.07) is 8.49. The Morgan fingerprint density at radius 1 is 0.931 bits per heavy atom. The Balaban J connectivity index is 2.74. The van der Waals surface area contributed by atoms with Gasteiger partial charge in [-0.3, -0.25) is 0 Å². The van der Waals surface area contributed by atoms with Gasteiger partial charge in [0, 0.05) is 19.8 Å². The lowest BCUT2D eigenvalue weighted by Gasteiger charge is -2.23. The third-order valence-electron chi connectivity index (χ3n) is 4.48. The van der Waals surface area contributed by atoms with Gasteiger partial charge in [0.25, 0.3) is 0 Å². The number of hydrogen-bond acceptors (Lipinski definition) is 4. The van der Waals surface area contributed by atoms with Gasteiger partial charge in [0.2, 0.25) is 0 Å². The second-order valence-electron chi connectivity index (χ2n) is 6.93. The van der Waals surface area contributed by atoms with Gasteiger partial charge in [0.15, 0.2) is 11.5 Å². The number of benzene rings is 2. The first-order valence-electron chi connectivity index (χ1n) is 9.86. The van der Waals surface area contributed by atoms with Crippen LogP contribution in [0.15, 0.2) is 36.4 Å². The summed E-state index contributed by atoms with van der Waals surface area (Å²) in [5.74, 6) is 1.26. The van der Waals surface area contributed by atoms with E-state index in [1.54, 1.807) is 26.4 Å². The molecule has 0 aromatic heterocycles. The maximum atomic E-state index is 13.6. The average molecular weight is 403 g/mol. The molecular formula is C24H31FO4. The molecule has 5 heteroatoms. The van der Waals surface area contributed by atoms with Crippen LogP contribution in [-0.2, 0) is 9.47 Å². The Kier molecular flexibility index (Phi) is 9.16. The number of allylic oxidation sites excluding steroid dienone is 1. The zero-order valence-corrected chi connectivity index (χ0v) is 18.0. The van der Waals surface area contributed by atoms with Gasteiger partial charge in [-0.05, 0) is 47.7 Å². The Morgan fingerprint density at radius 3 is 2.10 bits per heavy atom. The molecule has 0 N–H and O–H groups in total. The van der Waals surface area contributed by atoms with E-state index in [9.17, 15) is 4.39 Å². The molecule has 2 aromatic carbocycles. The highest BCUT2D eigenvalue weighted by molar-refractivity contribution is 5.85. The SMILES string of the molecule is CC=Cc1c(C(C)C)cc(OCCOC)c(OCCOC)c1-c1ccc(F)cc1. The van der Waals surface area contributed by atoms with Crippen molar-refractivity contribution >= 4 is 6.08 Å². The van der Waals surface area contributed by atoms with E-state index in [0.717, 1.165) is 22.3 Å². The lowest BCUT2D eigenvalue weighted by atomic mass is 9.88. The fourth-order valence-electron chi connectivity index (χ4n) is 3.11. The monoisotopic (exact) mass is 402 g/mol. The molecule has 0 bridgehead atoms. The second-order valence-corrected chi connectivity index (χ2v) is 6.93. The summed E-state index contributed by atoms with van der Waals surface area (Å²) in [5.41, 5.74) is 3.93. The molecule has 2 aromatic rings. The van der Waals surface area contributed by atoms with Crippen molar-refractivity contribution in [2.45, 2.75) is 26.7 Å². The predicted molar refractivity (Wildman–Crippen MR) is 115 cm³/mol. The summed E-state index contributed by atoms with van der Waals surface area (Å²) in [6.07, 6.45) is 4.06. The number of methoxy groups -OCH3 is 2. The average Bonchev–Trinajstić information content (AvgIpc) is 2.70. The van der Waals surface area contributed by atoms with Crippen LogP contribution in [0.2, 0.25) is 0 Å². The van der Waals surface area contributed by atoms with Crippen LogP contribution in [0, 0.1) is 5.82 Å². The van der Waals surface area contributed by atoms with Crippen LogP contribution in [0.25, 0.3) is 17.2 Å². The van der Waals surface area contributed by atoms with Crippen molar-refractivity contribution in [2.75, 3.05) is 40.6 Å². The lowest BCUT2D eigenvalue weighted by Crippen LogP contribution is -2.11. The quantitative estimate of drug-likeness (QED) is 0.452. The van der Waals surface area contributed by atoms with Crippen LogP contribution >= 0.6 is 0 Å². The minimum absolute atomic E-state index is 0.262. The highest BCUT2D eigenvalue weighted by atomic mass is 19.1. The molecule has 158 valence electrons. The molecule has 0 saturated carbocycles. The molecule has 29 heavy (non-hydrogen) atoms. The highest BCUT2D eigenvalue weighted by Gasteiger charge is 2.22. The van der Waals surface area contributed by atoms with E-state index in [2.05, 4.69) is 19.9 Å². The molecule has 0 amide bonds. The number of ether oxygens (including phenoxy) is 4. The molecule has 0 aliphatic rings. The van der Waals surface area contributed by atoms with Crippen molar-refractivity contribution < 1.29 is 23.3 Å². The molecule has 4 nitrogen and oxygen atoms in total. The van der Waals surface area contributed by atoms with E-state index in [0.29, 0.717) is 37.9 Å². The van der Waals surface area contributed by atoms with Crippen molar-refractivity contribution in [3.05, 3.63) is 53.4 Å². The normalized spacial score (nSPS) is 11.4. The third kappa shape index (κ3) is 6.05. The maximum absolute atomic E-state index is 13.6. The molecule has 0 radical (unpaired) electrons.